The molecule has 106 valence electrons. The van der Waals surface area contributed by atoms with Gasteiger partial charge in [-0.2, -0.15) is 0 Å². The smallest absolute Gasteiger partial charge is 0.295 e. The van der Waals surface area contributed by atoms with E-state index in [0.29, 0.717) is 0 Å². The maximum atomic E-state index is 10.6. The molecule has 0 amide bonds. The Kier molecular flexibility index (Phi) is 1.16. The van der Waals surface area contributed by atoms with Crippen molar-refractivity contribution in [3.05, 3.63) is 30.3 Å². The van der Waals surface area contributed by atoms with Crippen molar-refractivity contribution < 1.29 is 29.8 Å². The molecule has 6 rings (SSSR count). The average Bonchev–Trinajstić information content (AvgIpc) is 2.24. The van der Waals surface area contributed by atoms with E-state index in [1.807, 2.05) is 0 Å². The molecule has 0 atom stereocenters. The zero-order chi connectivity index (χ0) is 14.2. The minimum Gasteiger partial charge on any atom is -0.306 e. The Hall–Kier alpha value is -2.40. The van der Waals surface area contributed by atoms with Crippen LogP contribution in [0.3, 0.4) is 0 Å². The van der Waals surface area contributed by atoms with E-state index in [0.717, 1.165) is 0 Å². The minimum absolute atomic E-state index is 0.0696. The zero-order valence-corrected chi connectivity index (χ0v) is 9.40. The van der Waals surface area contributed by atoms with Crippen LogP contribution in [0.25, 0.3) is 0 Å². The van der Waals surface area contributed by atoms with Crippen molar-refractivity contribution in [1.29, 1.82) is 0 Å². The Morgan fingerprint density at radius 1 is 0.700 bits per heavy atom. The van der Waals surface area contributed by atoms with Gasteiger partial charge in [0.15, 0.2) is 0 Å². The summed E-state index contributed by atoms with van der Waals surface area (Å²) >= 11 is 0. The van der Waals surface area contributed by atoms with E-state index in [2.05, 4.69) is 14.5 Å². The third-order valence-electron chi connectivity index (χ3n) is 6.12. The highest BCUT2D eigenvalue weighted by Gasteiger charge is 3.20. The maximum absolute atomic E-state index is 10.6. The third-order valence-corrected chi connectivity index (χ3v) is 6.12. The second-order valence-corrected chi connectivity index (χ2v) is 5.95. The molecule has 6 aliphatic carbocycles. The largest absolute Gasteiger partial charge is 0.306 e. The molecule has 12 heteroatoms. The fourth-order valence-electron chi connectivity index (χ4n) is 6.40. The molecule has 0 aromatic heterocycles. The summed E-state index contributed by atoms with van der Waals surface area (Å²) in [4.78, 5) is 45.8. The van der Waals surface area contributed by atoms with Gasteiger partial charge >= 0.3 is 0 Å². The van der Waals surface area contributed by atoms with Crippen LogP contribution in [-0.4, -0.2) is 32.1 Å². The SMILES string of the molecule is O=[N+]([O-])OC12C3C4C1C1(O[N+](=O)[O-])C4C3(O[N+](=O)[O-])C21. The lowest BCUT2D eigenvalue weighted by Gasteiger charge is -3.09. The predicted octanol–water partition coefficient (Wildman–Crippen LogP) is -1.02. The number of hydrogen-bond donors (Lipinski definition) is 0. The molecule has 20 heavy (non-hydrogen) atoms. The Morgan fingerprint density at radius 2 is 1.00 bits per heavy atom. The second kappa shape index (κ2) is 2.23. The first-order valence-electron chi connectivity index (χ1n) is 5.85. The number of rotatable bonds is 6. The van der Waals surface area contributed by atoms with Gasteiger partial charge in [-0.3, -0.25) is 0 Å². The van der Waals surface area contributed by atoms with Crippen LogP contribution in [0.1, 0.15) is 0 Å². The Morgan fingerprint density at radius 3 is 1.25 bits per heavy atom. The van der Waals surface area contributed by atoms with Crippen molar-refractivity contribution in [1.82, 2.24) is 0 Å². The Bertz CT molecular complexity index is 535. The molecular weight excluding hydrogens is 282 g/mol. The summed E-state index contributed by atoms with van der Waals surface area (Å²) in [7, 11) is 0. The first kappa shape index (κ1) is 10.4. The van der Waals surface area contributed by atoms with Gasteiger partial charge in [0.2, 0.25) is 0 Å². The predicted molar refractivity (Wildman–Crippen MR) is 49.9 cm³/mol. The van der Waals surface area contributed by atoms with E-state index in [9.17, 15) is 30.3 Å². The lowest BCUT2D eigenvalue weighted by molar-refractivity contribution is -0.939. The van der Waals surface area contributed by atoms with Gasteiger partial charge in [0.05, 0.1) is 0 Å². The molecule has 0 heterocycles. The van der Waals surface area contributed by atoms with Crippen molar-refractivity contribution in [2.24, 2.45) is 29.6 Å². The van der Waals surface area contributed by atoms with E-state index in [-0.39, 0.29) is 5.92 Å². The summed E-state index contributed by atoms with van der Waals surface area (Å²) in [5, 5.41) is 28.8. The summed E-state index contributed by atoms with van der Waals surface area (Å²) in [6.07, 6.45) is 0. The van der Waals surface area contributed by atoms with Gasteiger partial charge < -0.3 is 14.5 Å². The molecule has 12 nitrogen and oxygen atoms in total. The fraction of sp³-hybridized carbons (Fsp3) is 1.00. The number of nitrogens with zero attached hydrogens (tertiary/aromatic N) is 3. The summed E-state index contributed by atoms with van der Waals surface area (Å²) < 4.78 is 0. The molecule has 0 aliphatic heterocycles. The number of hydrogen-bond acceptors (Lipinski definition) is 9. The summed E-state index contributed by atoms with van der Waals surface area (Å²) in [6.45, 7) is 0. The van der Waals surface area contributed by atoms with E-state index in [4.69, 9.17) is 0 Å². The molecule has 0 bridgehead atoms. The van der Waals surface area contributed by atoms with Crippen LogP contribution < -0.4 is 0 Å². The van der Waals surface area contributed by atoms with Crippen molar-refractivity contribution in [3.8, 4) is 0 Å². The van der Waals surface area contributed by atoms with Crippen molar-refractivity contribution in [2.45, 2.75) is 16.8 Å². The van der Waals surface area contributed by atoms with Crippen LogP contribution in [-0.2, 0) is 14.5 Å². The second-order valence-electron chi connectivity index (χ2n) is 5.95. The standard InChI is InChI=1S/C8H5N3O9/c12-9(13)18-6-2-1-3(6)8(20-11(16)17)4(1)7(2,5(6)8)19-10(14)15/h1-5H. The fourth-order valence-corrected chi connectivity index (χ4v) is 6.40. The van der Waals surface area contributed by atoms with Gasteiger partial charge in [-0.25, -0.2) is 0 Å². The Balaban J connectivity index is 1.52. The molecular formula is C8H5N3O9. The van der Waals surface area contributed by atoms with Gasteiger partial charge in [-0.15, -0.1) is 30.3 Å². The normalized spacial score (nSPS) is 60.3. The zero-order valence-electron chi connectivity index (χ0n) is 9.40. The molecule has 0 aromatic carbocycles. The molecule has 6 aliphatic rings. The van der Waals surface area contributed by atoms with Gasteiger partial charge in [0, 0.05) is 23.7 Å². The molecule has 0 aromatic rings. The van der Waals surface area contributed by atoms with Crippen LogP contribution in [0.15, 0.2) is 0 Å². The monoisotopic (exact) mass is 287 g/mol. The van der Waals surface area contributed by atoms with Gasteiger partial charge in [0.1, 0.15) is 16.8 Å². The van der Waals surface area contributed by atoms with Crippen molar-refractivity contribution in [2.75, 3.05) is 0 Å². The van der Waals surface area contributed by atoms with Crippen molar-refractivity contribution in [3.63, 3.8) is 0 Å². The topological polar surface area (TPSA) is 157 Å². The Labute approximate surface area is 107 Å². The lowest BCUT2D eigenvalue weighted by atomic mass is 8.96. The van der Waals surface area contributed by atoms with Crippen LogP contribution in [0.2, 0.25) is 0 Å². The molecule has 0 N–H and O–H groups in total. The highest BCUT2D eigenvalue weighted by Crippen LogP contribution is 3.07. The molecule has 6 saturated carbocycles. The quantitative estimate of drug-likeness (QED) is 0.440. The lowest BCUT2D eigenvalue weighted by Crippen LogP contribution is -3.23. The molecule has 0 unspecified atom stereocenters. The van der Waals surface area contributed by atoms with E-state index in [1.165, 1.54) is 0 Å². The van der Waals surface area contributed by atoms with E-state index < -0.39 is 55.7 Å². The first-order chi connectivity index (χ1) is 9.35. The molecule has 0 saturated heterocycles. The summed E-state index contributed by atoms with van der Waals surface area (Å²) in [5.41, 5.74) is -3.52. The first-order valence-corrected chi connectivity index (χ1v) is 5.85. The van der Waals surface area contributed by atoms with Crippen LogP contribution in [0.4, 0.5) is 0 Å². The molecule has 0 spiro atoms. The summed E-state index contributed by atoms with van der Waals surface area (Å²) in [6, 6.07) is 0. The van der Waals surface area contributed by atoms with Gasteiger partial charge in [0.25, 0.3) is 15.3 Å². The highest BCUT2D eigenvalue weighted by molar-refractivity contribution is 5.65. The van der Waals surface area contributed by atoms with Crippen LogP contribution in [0.5, 0.6) is 0 Å². The van der Waals surface area contributed by atoms with E-state index >= 15 is 0 Å². The highest BCUT2D eigenvalue weighted by atomic mass is 17.0. The van der Waals surface area contributed by atoms with Crippen LogP contribution >= 0.6 is 0 Å². The van der Waals surface area contributed by atoms with Crippen LogP contribution in [0, 0.1) is 59.9 Å². The maximum Gasteiger partial charge on any atom is 0.295 e. The van der Waals surface area contributed by atoms with E-state index in [1.54, 1.807) is 0 Å². The minimum atomic E-state index is -1.17. The third kappa shape index (κ3) is 0.538. The molecule has 0 radical (unpaired) electrons. The van der Waals surface area contributed by atoms with Gasteiger partial charge in [-0.1, -0.05) is 0 Å². The average molecular weight is 287 g/mol. The summed E-state index contributed by atoms with van der Waals surface area (Å²) in [5.74, 6) is -2.16. The van der Waals surface area contributed by atoms with Gasteiger partial charge in [-0.05, 0) is 5.92 Å². The van der Waals surface area contributed by atoms with Crippen molar-refractivity contribution >= 4 is 0 Å². The molecule has 6 fully saturated rings.